The fourth-order valence-corrected chi connectivity index (χ4v) is 3.21. The smallest absolute Gasteiger partial charge is 0.165 e. The van der Waals surface area contributed by atoms with Crippen LogP contribution in [0.1, 0.15) is 50.6 Å². The van der Waals surface area contributed by atoms with Gasteiger partial charge in [-0.2, -0.15) is 0 Å². The quantitative estimate of drug-likeness (QED) is 0.649. The highest BCUT2D eigenvalue weighted by molar-refractivity contribution is 5.32. The second kappa shape index (κ2) is 5.88. The van der Waals surface area contributed by atoms with E-state index in [0.717, 1.165) is 18.4 Å². The third kappa shape index (κ3) is 2.90. The van der Waals surface area contributed by atoms with Gasteiger partial charge in [-0.05, 0) is 36.0 Å². The van der Waals surface area contributed by atoms with E-state index in [1.165, 1.54) is 32.4 Å². The zero-order valence-electron chi connectivity index (χ0n) is 11.7. The lowest BCUT2D eigenvalue weighted by Crippen LogP contribution is -2.41. The number of rotatable bonds is 4. The molecular formula is C15H23FN2O. The van der Waals surface area contributed by atoms with Gasteiger partial charge in [-0.25, -0.2) is 4.39 Å². The molecule has 106 valence electrons. The third-order valence-electron chi connectivity index (χ3n) is 4.37. The number of hydrogen-bond acceptors (Lipinski definition) is 3. The van der Waals surface area contributed by atoms with Crippen molar-refractivity contribution >= 4 is 0 Å². The van der Waals surface area contributed by atoms with Crippen LogP contribution in [0, 0.1) is 11.2 Å². The van der Waals surface area contributed by atoms with Crippen LogP contribution in [-0.4, -0.2) is 7.11 Å². The van der Waals surface area contributed by atoms with Crippen molar-refractivity contribution in [2.45, 2.75) is 45.1 Å². The Hall–Kier alpha value is -1.13. The van der Waals surface area contributed by atoms with E-state index in [2.05, 4.69) is 12.3 Å². The number of ether oxygens (including phenoxy) is 1. The molecule has 1 fully saturated rings. The van der Waals surface area contributed by atoms with Crippen molar-refractivity contribution in [2.75, 3.05) is 7.11 Å². The van der Waals surface area contributed by atoms with Crippen LogP contribution in [0.4, 0.5) is 4.39 Å². The van der Waals surface area contributed by atoms with Gasteiger partial charge in [0, 0.05) is 0 Å². The molecule has 1 atom stereocenters. The summed E-state index contributed by atoms with van der Waals surface area (Å²) in [6.07, 6.45) is 5.95. The minimum absolute atomic E-state index is 0.0202. The summed E-state index contributed by atoms with van der Waals surface area (Å²) >= 11 is 0. The number of halogens is 1. The van der Waals surface area contributed by atoms with Gasteiger partial charge in [-0.3, -0.25) is 11.3 Å². The first kappa shape index (κ1) is 14.3. The fraction of sp³-hybridized carbons (Fsp3) is 0.600. The van der Waals surface area contributed by atoms with E-state index in [-0.39, 0.29) is 23.0 Å². The molecule has 1 aromatic carbocycles. The predicted molar refractivity (Wildman–Crippen MR) is 74.2 cm³/mol. The van der Waals surface area contributed by atoms with Crippen LogP contribution in [0.3, 0.4) is 0 Å². The summed E-state index contributed by atoms with van der Waals surface area (Å²) in [7, 11) is 1.47. The summed E-state index contributed by atoms with van der Waals surface area (Å²) in [5.41, 5.74) is 3.87. The highest BCUT2D eigenvalue weighted by Gasteiger charge is 2.36. The second-order valence-corrected chi connectivity index (χ2v) is 5.71. The molecule has 0 spiro atoms. The third-order valence-corrected chi connectivity index (χ3v) is 4.37. The molecule has 4 heteroatoms. The van der Waals surface area contributed by atoms with Crippen molar-refractivity contribution in [3.05, 3.63) is 29.6 Å². The van der Waals surface area contributed by atoms with E-state index in [4.69, 9.17) is 10.6 Å². The highest BCUT2D eigenvalue weighted by atomic mass is 19.1. The van der Waals surface area contributed by atoms with E-state index >= 15 is 0 Å². The molecule has 1 aliphatic carbocycles. The normalized spacial score (nSPS) is 20.0. The molecule has 3 nitrogen and oxygen atoms in total. The SMILES string of the molecule is COc1ccc(C(NN)C2(C)CCCCC2)cc1F. The molecule has 19 heavy (non-hydrogen) atoms. The molecule has 1 aliphatic rings. The maximum Gasteiger partial charge on any atom is 0.165 e. The maximum atomic E-state index is 13.8. The first-order valence-corrected chi connectivity index (χ1v) is 6.90. The molecule has 1 saturated carbocycles. The van der Waals surface area contributed by atoms with Crippen LogP contribution >= 0.6 is 0 Å². The summed E-state index contributed by atoms with van der Waals surface area (Å²) in [5.74, 6) is 5.68. The summed E-state index contributed by atoms with van der Waals surface area (Å²) in [6.45, 7) is 2.23. The van der Waals surface area contributed by atoms with Crippen LogP contribution in [-0.2, 0) is 0 Å². The van der Waals surface area contributed by atoms with Crippen molar-refractivity contribution in [1.29, 1.82) is 0 Å². The van der Waals surface area contributed by atoms with Gasteiger partial charge >= 0.3 is 0 Å². The standard InChI is InChI=1S/C15H23FN2O/c1-15(8-4-3-5-9-15)14(18-17)11-6-7-13(19-2)12(16)10-11/h6-7,10,14,18H,3-5,8-9,17H2,1-2H3. The van der Waals surface area contributed by atoms with Gasteiger partial charge in [0.1, 0.15) is 0 Å². The van der Waals surface area contributed by atoms with Gasteiger partial charge in [-0.15, -0.1) is 0 Å². The summed E-state index contributed by atoms with van der Waals surface area (Å²) < 4.78 is 18.8. The Kier molecular flexibility index (Phi) is 4.42. The van der Waals surface area contributed by atoms with Crippen LogP contribution in [0.5, 0.6) is 5.75 Å². The van der Waals surface area contributed by atoms with Crippen molar-refractivity contribution < 1.29 is 9.13 Å². The molecule has 0 radical (unpaired) electrons. The molecule has 0 aliphatic heterocycles. The molecule has 0 bridgehead atoms. The number of hydrazine groups is 1. The number of benzene rings is 1. The maximum absolute atomic E-state index is 13.8. The number of nitrogens with one attached hydrogen (secondary N) is 1. The minimum Gasteiger partial charge on any atom is -0.494 e. The monoisotopic (exact) mass is 266 g/mol. The van der Waals surface area contributed by atoms with Crippen LogP contribution in [0.2, 0.25) is 0 Å². The second-order valence-electron chi connectivity index (χ2n) is 5.71. The first-order chi connectivity index (χ1) is 9.10. The molecule has 0 saturated heterocycles. The van der Waals surface area contributed by atoms with Gasteiger partial charge < -0.3 is 4.74 Å². The van der Waals surface area contributed by atoms with Crippen LogP contribution in [0.25, 0.3) is 0 Å². The van der Waals surface area contributed by atoms with E-state index in [0.29, 0.717) is 0 Å². The van der Waals surface area contributed by atoms with Crippen LogP contribution in [0.15, 0.2) is 18.2 Å². The van der Waals surface area contributed by atoms with Gasteiger partial charge in [0.25, 0.3) is 0 Å². The largest absolute Gasteiger partial charge is 0.494 e. The van der Waals surface area contributed by atoms with E-state index in [9.17, 15) is 4.39 Å². The number of nitrogens with two attached hydrogens (primary N) is 1. The average Bonchev–Trinajstić information content (AvgIpc) is 2.40. The molecule has 0 aromatic heterocycles. The summed E-state index contributed by atoms with van der Waals surface area (Å²) in [6, 6.07) is 5.07. The lowest BCUT2D eigenvalue weighted by molar-refractivity contribution is 0.145. The Bertz CT molecular complexity index is 430. The van der Waals surface area contributed by atoms with Gasteiger partial charge in [0.15, 0.2) is 11.6 Å². The summed E-state index contributed by atoms with van der Waals surface area (Å²) in [5, 5.41) is 0. The molecule has 1 aromatic rings. The van der Waals surface area contributed by atoms with E-state index in [1.807, 2.05) is 6.07 Å². The Morgan fingerprint density at radius 2 is 2.00 bits per heavy atom. The first-order valence-electron chi connectivity index (χ1n) is 6.90. The Balaban J connectivity index is 2.28. The van der Waals surface area contributed by atoms with Crippen molar-refractivity contribution in [3.8, 4) is 5.75 Å². The zero-order chi connectivity index (χ0) is 13.9. The van der Waals surface area contributed by atoms with Crippen LogP contribution < -0.4 is 16.0 Å². The number of methoxy groups -OCH3 is 1. The summed E-state index contributed by atoms with van der Waals surface area (Å²) in [4.78, 5) is 0. The number of hydrogen-bond donors (Lipinski definition) is 2. The molecule has 1 unspecified atom stereocenters. The zero-order valence-corrected chi connectivity index (χ0v) is 11.7. The van der Waals surface area contributed by atoms with Crippen molar-refractivity contribution in [3.63, 3.8) is 0 Å². The van der Waals surface area contributed by atoms with Crippen molar-refractivity contribution in [1.82, 2.24) is 5.43 Å². The highest BCUT2D eigenvalue weighted by Crippen LogP contribution is 2.45. The fourth-order valence-electron chi connectivity index (χ4n) is 3.21. The molecular weight excluding hydrogens is 243 g/mol. The Morgan fingerprint density at radius 3 is 2.53 bits per heavy atom. The Labute approximate surface area is 114 Å². The van der Waals surface area contributed by atoms with Crippen molar-refractivity contribution in [2.24, 2.45) is 11.3 Å². The minimum atomic E-state index is -0.334. The average molecular weight is 266 g/mol. The Morgan fingerprint density at radius 1 is 1.32 bits per heavy atom. The molecule has 2 rings (SSSR count). The van der Waals surface area contributed by atoms with Gasteiger partial charge in [-0.1, -0.05) is 32.3 Å². The van der Waals surface area contributed by atoms with Gasteiger partial charge in [0.05, 0.1) is 13.2 Å². The molecule has 3 N–H and O–H groups in total. The predicted octanol–water partition coefficient (Wildman–Crippen LogP) is 3.31. The molecule has 0 heterocycles. The van der Waals surface area contributed by atoms with E-state index < -0.39 is 0 Å². The molecule has 0 amide bonds. The lowest BCUT2D eigenvalue weighted by atomic mass is 9.69. The van der Waals surface area contributed by atoms with E-state index in [1.54, 1.807) is 6.07 Å². The van der Waals surface area contributed by atoms with Gasteiger partial charge in [0.2, 0.25) is 0 Å². The lowest BCUT2D eigenvalue weighted by Gasteiger charge is -2.40. The topological polar surface area (TPSA) is 47.3 Å².